The molecule has 3 rings (SSSR count). The molecule has 1 aliphatic heterocycles. The van der Waals surface area contributed by atoms with Crippen LogP contribution in [0.3, 0.4) is 0 Å². The number of anilines is 1. The highest BCUT2D eigenvalue weighted by Gasteiger charge is 2.27. The molecule has 1 saturated carbocycles. The van der Waals surface area contributed by atoms with E-state index in [9.17, 15) is 0 Å². The second kappa shape index (κ2) is 6.63. The Balaban J connectivity index is 1.53. The van der Waals surface area contributed by atoms with E-state index in [1.165, 1.54) is 48.2 Å². The van der Waals surface area contributed by atoms with Crippen LogP contribution in [0.25, 0.3) is 0 Å². The Hall–Kier alpha value is -0.650. The molecule has 2 heterocycles. The maximum atomic E-state index is 4.80. The van der Waals surface area contributed by atoms with Crippen LogP contribution >= 0.6 is 11.3 Å². The van der Waals surface area contributed by atoms with Crippen LogP contribution in [0.2, 0.25) is 0 Å². The Morgan fingerprint density at radius 2 is 1.95 bits per heavy atom. The number of nitrogens with zero attached hydrogens (tertiary/aromatic N) is 3. The molecule has 2 aliphatic rings. The minimum absolute atomic E-state index is 0.529. The van der Waals surface area contributed by atoms with Crippen LogP contribution in [-0.2, 0) is 6.54 Å². The third kappa shape index (κ3) is 4.18. The molecule has 1 aromatic rings. The standard InChI is InChI=1S/C16H28N4S/c1-12(2)17-10-15-13(3)18-16(21-15)20-8-6-19(7-9-20)11-14-4-5-14/h12,14,17H,4-11H2,1-3H3. The van der Waals surface area contributed by atoms with E-state index in [-0.39, 0.29) is 0 Å². The van der Waals surface area contributed by atoms with Crippen LogP contribution in [0, 0.1) is 12.8 Å². The lowest BCUT2D eigenvalue weighted by molar-refractivity contribution is 0.248. The van der Waals surface area contributed by atoms with Gasteiger partial charge < -0.3 is 10.2 Å². The zero-order valence-corrected chi connectivity index (χ0v) is 14.4. The molecule has 118 valence electrons. The molecule has 0 spiro atoms. The van der Waals surface area contributed by atoms with E-state index in [0.717, 1.165) is 25.6 Å². The van der Waals surface area contributed by atoms with Gasteiger partial charge in [0.15, 0.2) is 5.13 Å². The fourth-order valence-corrected chi connectivity index (χ4v) is 3.86. The Morgan fingerprint density at radius 1 is 1.24 bits per heavy atom. The van der Waals surface area contributed by atoms with Crippen molar-refractivity contribution in [3.63, 3.8) is 0 Å². The maximum absolute atomic E-state index is 4.80. The summed E-state index contributed by atoms with van der Waals surface area (Å²) < 4.78 is 0. The predicted molar refractivity (Wildman–Crippen MR) is 90.2 cm³/mol. The third-order valence-electron chi connectivity index (χ3n) is 4.41. The van der Waals surface area contributed by atoms with Crippen LogP contribution in [0.5, 0.6) is 0 Å². The van der Waals surface area contributed by atoms with E-state index in [4.69, 9.17) is 4.98 Å². The Kier molecular flexibility index (Phi) is 4.82. The highest BCUT2D eigenvalue weighted by molar-refractivity contribution is 7.15. The lowest BCUT2D eigenvalue weighted by atomic mass is 10.3. The summed E-state index contributed by atoms with van der Waals surface area (Å²) in [5.74, 6) is 1.01. The number of thiazole rings is 1. The van der Waals surface area contributed by atoms with Gasteiger partial charge in [-0.1, -0.05) is 13.8 Å². The van der Waals surface area contributed by atoms with Crippen molar-refractivity contribution in [2.75, 3.05) is 37.6 Å². The largest absolute Gasteiger partial charge is 0.346 e. The summed E-state index contributed by atoms with van der Waals surface area (Å²) in [6.07, 6.45) is 2.91. The first-order chi connectivity index (χ1) is 10.1. The summed E-state index contributed by atoms with van der Waals surface area (Å²) in [6, 6.07) is 0.529. The summed E-state index contributed by atoms with van der Waals surface area (Å²) in [5, 5.41) is 4.72. The van der Waals surface area contributed by atoms with Crippen LogP contribution in [0.15, 0.2) is 0 Å². The van der Waals surface area contributed by atoms with Gasteiger partial charge in [-0.2, -0.15) is 0 Å². The monoisotopic (exact) mass is 308 g/mol. The number of nitrogens with one attached hydrogen (secondary N) is 1. The highest BCUT2D eigenvalue weighted by Crippen LogP contribution is 2.31. The maximum Gasteiger partial charge on any atom is 0.185 e. The molecule has 5 heteroatoms. The molecule has 4 nitrogen and oxygen atoms in total. The van der Waals surface area contributed by atoms with E-state index in [0.29, 0.717) is 6.04 Å². The van der Waals surface area contributed by atoms with Crippen LogP contribution < -0.4 is 10.2 Å². The number of piperazine rings is 1. The van der Waals surface area contributed by atoms with E-state index in [1.807, 2.05) is 11.3 Å². The molecule has 0 unspecified atom stereocenters. The van der Waals surface area contributed by atoms with Gasteiger partial charge in [0.2, 0.25) is 0 Å². The van der Waals surface area contributed by atoms with Gasteiger partial charge in [-0.15, -0.1) is 11.3 Å². The number of aryl methyl sites for hydroxylation is 1. The lowest BCUT2D eigenvalue weighted by Gasteiger charge is -2.34. The second-order valence-electron chi connectivity index (χ2n) is 6.77. The average molecular weight is 308 g/mol. The number of hydrogen-bond donors (Lipinski definition) is 1. The predicted octanol–water partition coefficient (Wildman–Crippen LogP) is 2.48. The van der Waals surface area contributed by atoms with Gasteiger partial charge in [0.25, 0.3) is 0 Å². The Bertz CT molecular complexity index is 459. The molecule has 0 aromatic carbocycles. The first-order valence-electron chi connectivity index (χ1n) is 8.29. The molecule has 2 fully saturated rings. The molecule has 0 atom stereocenters. The van der Waals surface area contributed by atoms with Gasteiger partial charge >= 0.3 is 0 Å². The Labute approximate surface area is 132 Å². The van der Waals surface area contributed by atoms with E-state index < -0.39 is 0 Å². The van der Waals surface area contributed by atoms with Gasteiger partial charge in [-0.05, 0) is 25.7 Å². The molecule has 1 N–H and O–H groups in total. The smallest absolute Gasteiger partial charge is 0.185 e. The SMILES string of the molecule is Cc1nc(N2CCN(CC3CC3)CC2)sc1CNC(C)C. The number of rotatable bonds is 6. The second-order valence-corrected chi connectivity index (χ2v) is 7.83. The molecule has 21 heavy (non-hydrogen) atoms. The molecular formula is C16H28N4S. The minimum Gasteiger partial charge on any atom is -0.346 e. The minimum atomic E-state index is 0.529. The first-order valence-corrected chi connectivity index (χ1v) is 9.10. The van der Waals surface area contributed by atoms with Gasteiger partial charge in [0.1, 0.15) is 0 Å². The molecule has 1 aliphatic carbocycles. The fourth-order valence-electron chi connectivity index (χ4n) is 2.80. The van der Waals surface area contributed by atoms with Crippen molar-refractivity contribution < 1.29 is 0 Å². The van der Waals surface area contributed by atoms with Gasteiger partial charge in [0.05, 0.1) is 5.69 Å². The van der Waals surface area contributed by atoms with Crippen molar-refractivity contribution in [1.82, 2.24) is 15.2 Å². The molecule has 0 amide bonds. The lowest BCUT2D eigenvalue weighted by Crippen LogP contribution is -2.47. The average Bonchev–Trinajstić information content (AvgIpc) is 3.19. The van der Waals surface area contributed by atoms with Gasteiger partial charge in [0, 0.05) is 50.2 Å². The summed E-state index contributed by atoms with van der Waals surface area (Å²) in [6.45, 7) is 13.5. The van der Waals surface area contributed by atoms with Crippen molar-refractivity contribution in [2.24, 2.45) is 5.92 Å². The number of hydrogen-bond acceptors (Lipinski definition) is 5. The summed E-state index contributed by atoms with van der Waals surface area (Å²) in [4.78, 5) is 11.3. The van der Waals surface area contributed by atoms with Crippen LogP contribution in [0.4, 0.5) is 5.13 Å². The summed E-state index contributed by atoms with van der Waals surface area (Å²) in [7, 11) is 0. The van der Waals surface area contributed by atoms with Gasteiger partial charge in [-0.3, -0.25) is 4.90 Å². The number of aromatic nitrogens is 1. The first kappa shape index (κ1) is 15.3. The normalized spacial score (nSPS) is 20.5. The summed E-state index contributed by atoms with van der Waals surface area (Å²) in [5.41, 5.74) is 1.20. The zero-order valence-electron chi connectivity index (χ0n) is 13.6. The van der Waals surface area contributed by atoms with Crippen molar-refractivity contribution in [3.8, 4) is 0 Å². The molecule has 1 aromatic heterocycles. The van der Waals surface area contributed by atoms with E-state index in [1.54, 1.807) is 0 Å². The molecule has 0 radical (unpaired) electrons. The van der Waals surface area contributed by atoms with Crippen LogP contribution in [-0.4, -0.2) is 48.6 Å². The molecule has 1 saturated heterocycles. The Morgan fingerprint density at radius 3 is 2.57 bits per heavy atom. The summed E-state index contributed by atoms with van der Waals surface area (Å²) >= 11 is 1.87. The topological polar surface area (TPSA) is 31.4 Å². The van der Waals surface area contributed by atoms with Crippen LogP contribution in [0.1, 0.15) is 37.3 Å². The molecule has 0 bridgehead atoms. The van der Waals surface area contributed by atoms with E-state index in [2.05, 4.69) is 35.9 Å². The van der Waals surface area contributed by atoms with Gasteiger partial charge in [-0.25, -0.2) is 4.98 Å². The van der Waals surface area contributed by atoms with Crippen molar-refractivity contribution in [3.05, 3.63) is 10.6 Å². The highest BCUT2D eigenvalue weighted by atomic mass is 32.1. The van der Waals surface area contributed by atoms with E-state index >= 15 is 0 Å². The quantitative estimate of drug-likeness (QED) is 0.875. The van der Waals surface area contributed by atoms with Crippen molar-refractivity contribution >= 4 is 16.5 Å². The van der Waals surface area contributed by atoms with Crippen molar-refractivity contribution in [2.45, 2.75) is 46.2 Å². The zero-order chi connectivity index (χ0) is 14.8. The fraction of sp³-hybridized carbons (Fsp3) is 0.812. The third-order valence-corrected chi connectivity index (χ3v) is 5.63. The van der Waals surface area contributed by atoms with Crippen molar-refractivity contribution in [1.29, 1.82) is 0 Å². The molecular weight excluding hydrogens is 280 g/mol.